The molecule has 4 rings (SSSR count). The molecule has 0 bridgehead atoms. The molecular weight excluding hydrogens is 384 g/mol. The number of imidazole rings is 1. The van der Waals surface area contributed by atoms with Crippen molar-refractivity contribution in [3.05, 3.63) is 41.0 Å². The third kappa shape index (κ3) is 3.80. The number of aromatic nitrogens is 2. The number of anilines is 1. The second-order valence-electron chi connectivity index (χ2n) is 10.8. The molecule has 0 saturated carbocycles. The van der Waals surface area contributed by atoms with Crippen LogP contribution in [0, 0.1) is 6.92 Å². The number of nitrogens with zero attached hydrogens (tertiary/aromatic N) is 2. The minimum atomic E-state index is -0.271. The van der Waals surface area contributed by atoms with Crippen LogP contribution in [-0.4, -0.2) is 36.1 Å². The summed E-state index contributed by atoms with van der Waals surface area (Å²) < 4.78 is 0. The fourth-order valence-electron chi connectivity index (χ4n) is 4.89. The summed E-state index contributed by atoms with van der Waals surface area (Å²) in [5, 5.41) is 17.3. The van der Waals surface area contributed by atoms with Crippen molar-refractivity contribution >= 4 is 16.7 Å². The summed E-state index contributed by atoms with van der Waals surface area (Å²) in [6, 6.07) is 8.14. The fraction of sp³-hybridized carbons (Fsp3) is 0.500. The predicted molar refractivity (Wildman–Crippen MR) is 129 cm³/mol. The Balaban J connectivity index is 2.15. The predicted octanol–water partition coefficient (Wildman–Crippen LogP) is 5.69. The van der Waals surface area contributed by atoms with Gasteiger partial charge in [-0.3, -0.25) is 5.11 Å². The number of H-pyrrole nitrogens is 1. The second kappa shape index (κ2) is 7.56. The molecule has 5 heteroatoms. The van der Waals surface area contributed by atoms with Crippen LogP contribution >= 0.6 is 0 Å². The molecule has 0 aliphatic carbocycles. The maximum absolute atomic E-state index is 13.8. The van der Waals surface area contributed by atoms with Crippen LogP contribution in [-0.2, 0) is 15.9 Å². The quantitative estimate of drug-likeness (QED) is 0.561. The van der Waals surface area contributed by atoms with Crippen LogP contribution in [0.25, 0.3) is 22.4 Å². The van der Waals surface area contributed by atoms with E-state index in [4.69, 9.17) is 4.98 Å². The van der Waals surface area contributed by atoms with Crippen LogP contribution in [0.4, 0.5) is 5.69 Å². The number of hydrogen-bond donors (Lipinski definition) is 2. The zero-order chi connectivity index (χ0) is 22.6. The lowest BCUT2D eigenvalue weighted by Crippen LogP contribution is -2.44. The molecule has 1 aliphatic rings. The summed E-state index contributed by atoms with van der Waals surface area (Å²) in [5.41, 5.74) is 6.47. The Labute approximate surface area is 185 Å². The summed E-state index contributed by atoms with van der Waals surface area (Å²) in [6.07, 6.45) is 0. The summed E-state index contributed by atoms with van der Waals surface area (Å²) in [4.78, 5) is 11.0. The highest BCUT2D eigenvalue weighted by Crippen LogP contribution is 2.51. The molecule has 2 aromatic carbocycles. The molecule has 3 aromatic rings. The molecule has 5 nitrogen and oxygen atoms in total. The minimum absolute atomic E-state index is 0.172. The average Bonchev–Trinajstić information content (AvgIpc) is 3.12. The van der Waals surface area contributed by atoms with Gasteiger partial charge in [0.25, 0.3) is 0 Å². The Kier molecular flexibility index (Phi) is 5.29. The van der Waals surface area contributed by atoms with Gasteiger partial charge in [-0.1, -0.05) is 53.7 Å². The first-order chi connectivity index (χ1) is 14.5. The molecule has 2 heterocycles. The smallest absolute Gasteiger partial charge is 0.187 e. The van der Waals surface area contributed by atoms with Crippen molar-refractivity contribution < 1.29 is 5.11 Å². The Hall–Kier alpha value is -2.53. The van der Waals surface area contributed by atoms with Crippen molar-refractivity contribution in [1.29, 1.82) is 0 Å². The molecule has 0 atom stereocenters. The zero-order valence-electron chi connectivity index (χ0n) is 19.9. The topological polar surface area (TPSA) is 63.9 Å². The highest BCUT2D eigenvalue weighted by molar-refractivity contribution is 5.89. The lowest BCUT2D eigenvalue weighted by Gasteiger charge is -2.38. The third-order valence-electron chi connectivity index (χ3n) is 6.22. The van der Waals surface area contributed by atoms with Gasteiger partial charge in [0.2, 0.25) is 0 Å². The first kappa shape index (κ1) is 21.7. The zero-order valence-corrected chi connectivity index (χ0v) is 19.9. The molecule has 0 unspecified atom stereocenters. The Morgan fingerprint density at radius 1 is 0.935 bits per heavy atom. The van der Waals surface area contributed by atoms with Gasteiger partial charge in [0.1, 0.15) is 5.82 Å². The number of rotatable bonds is 2. The number of nitrogens with one attached hydrogen (secondary N) is 2. The first-order valence-electron chi connectivity index (χ1n) is 11.3. The van der Waals surface area contributed by atoms with Crippen molar-refractivity contribution in [2.45, 2.75) is 59.3 Å². The average molecular weight is 420 g/mol. The van der Waals surface area contributed by atoms with E-state index in [1.54, 1.807) is 0 Å². The Morgan fingerprint density at radius 2 is 1.55 bits per heavy atom. The summed E-state index contributed by atoms with van der Waals surface area (Å²) in [5.74, 6) is 1.03. The van der Waals surface area contributed by atoms with Gasteiger partial charge in [-0.05, 0) is 35.4 Å². The van der Waals surface area contributed by atoms with Crippen molar-refractivity contribution in [1.82, 2.24) is 15.3 Å². The molecule has 31 heavy (non-hydrogen) atoms. The number of benzene rings is 2. The van der Waals surface area contributed by atoms with Crippen LogP contribution in [0.15, 0.2) is 24.3 Å². The monoisotopic (exact) mass is 419 g/mol. The van der Waals surface area contributed by atoms with Gasteiger partial charge in [0, 0.05) is 42.9 Å². The molecule has 1 aromatic heterocycles. The maximum atomic E-state index is 13.8. The SMILES string of the molecule is Cc1c([O])c(C(C)(C)C)c(C(C)(C)C)c(-c2nc3ccccc3[nH]2)c1N1CCNCC1. The molecular formula is C26H35N4O. The maximum Gasteiger partial charge on any atom is 0.187 e. The molecule has 165 valence electrons. The largest absolute Gasteiger partial charge is 0.368 e. The van der Waals surface area contributed by atoms with Gasteiger partial charge in [0.15, 0.2) is 5.75 Å². The van der Waals surface area contributed by atoms with Crippen molar-refractivity contribution in [3.8, 4) is 17.1 Å². The van der Waals surface area contributed by atoms with E-state index in [9.17, 15) is 5.11 Å². The van der Waals surface area contributed by atoms with E-state index in [2.05, 4.69) is 62.8 Å². The third-order valence-corrected chi connectivity index (χ3v) is 6.22. The fourth-order valence-corrected chi connectivity index (χ4v) is 4.89. The van der Waals surface area contributed by atoms with Crippen LogP contribution in [0.3, 0.4) is 0 Å². The number of aromatic amines is 1. The van der Waals surface area contributed by atoms with E-state index in [0.29, 0.717) is 0 Å². The Bertz CT molecular complexity index is 1080. The van der Waals surface area contributed by atoms with E-state index in [0.717, 1.165) is 71.0 Å². The summed E-state index contributed by atoms with van der Waals surface area (Å²) >= 11 is 0. The molecule has 2 N–H and O–H groups in total. The van der Waals surface area contributed by atoms with E-state index >= 15 is 0 Å². The second-order valence-corrected chi connectivity index (χ2v) is 10.8. The summed E-state index contributed by atoms with van der Waals surface area (Å²) in [7, 11) is 0. The standard InChI is InChI=1S/C26H35N4O/c1-16-22(30-14-12-27-13-15-30)19(24-28-17-10-8-9-11-18(17)29-24)20(25(2,3)4)21(23(16)31)26(5,6)7/h8-11,27H,12-15H2,1-7H3,(H,28,29). The van der Waals surface area contributed by atoms with Crippen LogP contribution < -0.4 is 10.2 Å². The van der Waals surface area contributed by atoms with Gasteiger partial charge in [-0.2, -0.15) is 0 Å². The van der Waals surface area contributed by atoms with Gasteiger partial charge in [-0.15, -0.1) is 0 Å². The minimum Gasteiger partial charge on any atom is -0.368 e. The van der Waals surface area contributed by atoms with E-state index < -0.39 is 0 Å². The normalized spacial score (nSPS) is 15.6. The number of hydrogen-bond acceptors (Lipinski definition) is 3. The van der Waals surface area contributed by atoms with Gasteiger partial charge >= 0.3 is 0 Å². The number of fused-ring (bicyclic) bond motifs is 1. The van der Waals surface area contributed by atoms with E-state index in [1.165, 1.54) is 0 Å². The van der Waals surface area contributed by atoms with Crippen molar-refractivity contribution in [2.24, 2.45) is 0 Å². The van der Waals surface area contributed by atoms with E-state index in [-0.39, 0.29) is 16.6 Å². The first-order valence-corrected chi connectivity index (χ1v) is 11.3. The van der Waals surface area contributed by atoms with Gasteiger partial charge in [0.05, 0.1) is 16.7 Å². The van der Waals surface area contributed by atoms with Gasteiger partial charge < -0.3 is 15.2 Å². The van der Waals surface area contributed by atoms with Gasteiger partial charge in [-0.25, -0.2) is 4.98 Å². The van der Waals surface area contributed by atoms with Crippen LogP contribution in [0.2, 0.25) is 0 Å². The lowest BCUT2D eigenvalue weighted by atomic mass is 9.71. The molecule has 1 saturated heterocycles. The lowest BCUT2D eigenvalue weighted by molar-refractivity contribution is 0.334. The van der Waals surface area contributed by atoms with Crippen LogP contribution in [0.5, 0.6) is 5.75 Å². The highest BCUT2D eigenvalue weighted by Gasteiger charge is 2.37. The number of para-hydroxylation sites is 2. The van der Waals surface area contributed by atoms with Crippen LogP contribution in [0.1, 0.15) is 58.2 Å². The Morgan fingerprint density at radius 3 is 2.13 bits per heavy atom. The highest BCUT2D eigenvalue weighted by atomic mass is 16.3. The van der Waals surface area contributed by atoms with Crippen molar-refractivity contribution in [2.75, 3.05) is 31.1 Å². The molecule has 1 aliphatic heterocycles. The number of piperazine rings is 1. The van der Waals surface area contributed by atoms with E-state index in [1.807, 2.05) is 25.1 Å². The van der Waals surface area contributed by atoms with Crippen molar-refractivity contribution in [3.63, 3.8) is 0 Å². The molecule has 0 amide bonds. The summed E-state index contributed by atoms with van der Waals surface area (Å²) in [6.45, 7) is 18.6. The molecule has 1 radical (unpaired) electrons. The molecule has 1 fully saturated rings. The molecule has 0 spiro atoms.